The molecule has 0 N–H and O–H groups in total. The van der Waals surface area contributed by atoms with Crippen LogP contribution in [0.3, 0.4) is 0 Å². The monoisotopic (exact) mass is 470 g/mol. The Balaban J connectivity index is 1.50. The lowest BCUT2D eigenvalue weighted by Crippen LogP contribution is -2.23. The van der Waals surface area contributed by atoms with Gasteiger partial charge >= 0.3 is 0 Å². The maximum Gasteiger partial charge on any atom is 0.244 e. The molecule has 0 unspecified atom stereocenters. The smallest absolute Gasteiger partial charge is 0.244 e. The molecule has 3 heterocycles. The van der Waals surface area contributed by atoms with Gasteiger partial charge < -0.3 is 28.2 Å². The normalized spacial score (nSPS) is 15.9. The fourth-order valence-corrected chi connectivity index (χ4v) is 4.10. The van der Waals surface area contributed by atoms with Gasteiger partial charge in [0, 0.05) is 25.9 Å². The number of nitrogens with zero attached hydrogens (tertiary/aromatic N) is 4. The molecule has 1 saturated heterocycles. The lowest BCUT2D eigenvalue weighted by molar-refractivity contribution is 0.146. The number of hydrogen-bond donors (Lipinski definition) is 0. The summed E-state index contributed by atoms with van der Waals surface area (Å²) in [5, 5.41) is 4.18. The molecule has 34 heavy (non-hydrogen) atoms. The van der Waals surface area contributed by atoms with Crippen molar-refractivity contribution in [2.75, 3.05) is 48.2 Å². The van der Waals surface area contributed by atoms with Crippen LogP contribution in [0.1, 0.15) is 30.3 Å². The van der Waals surface area contributed by atoms with Gasteiger partial charge in [0.25, 0.3) is 0 Å². The first-order valence-corrected chi connectivity index (χ1v) is 11.1. The predicted molar refractivity (Wildman–Crippen MR) is 123 cm³/mol. The predicted octanol–water partition coefficient (Wildman–Crippen LogP) is 3.52. The quantitative estimate of drug-likeness (QED) is 0.387. The number of hydrogen-bond acceptors (Lipinski definition) is 10. The average molecular weight is 471 g/mol. The van der Waals surface area contributed by atoms with Gasteiger partial charge in [-0.25, -0.2) is 0 Å². The van der Waals surface area contributed by atoms with Crippen molar-refractivity contribution in [3.63, 3.8) is 0 Å². The van der Waals surface area contributed by atoms with Crippen molar-refractivity contribution in [2.24, 2.45) is 0 Å². The molecule has 0 amide bonds. The third kappa shape index (κ3) is 5.23. The molecule has 3 aromatic rings. The summed E-state index contributed by atoms with van der Waals surface area (Å²) in [6.45, 7) is 2.56. The summed E-state index contributed by atoms with van der Waals surface area (Å²) in [5.41, 5.74) is 1.64. The summed E-state index contributed by atoms with van der Waals surface area (Å²) < 4.78 is 32.8. The van der Waals surface area contributed by atoms with Gasteiger partial charge in [-0.3, -0.25) is 9.88 Å². The number of benzene rings is 1. The third-order valence-corrected chi connectivity index (χ3v) is 5.72. The molecule has 1 aliphatic rings. The van der Waals surface area contributed by atoms with Crippen molar-refractivity contribution >= 4 is 0 Å². The highest BCUT2D eigenvalue weighted by Gasteiger charge is 2.31. The lowest BCUT2D eigenvalue weighted by Gasteiger charge is -2.22. The summed E-state index contributed by atoms with van der Waals surface area (Å²) in [7, 11) is 6.47. The van der Waals surface area contributed by atoms with Gasteiger partial charge in [0.05, 0.1) is 34.0 Å². The molecule has 0 aliphatic carbocycles. The van der Waals surface area contributed by atoms with Crippen LogP contribution in [0.15, 0.2) is 35.0 Å². The van der Waals surface area contributed by atoms with Crippen molar-refractivity contribution in [2.45, 2.75) is 25.4 Å². The standard InChI is InChI=1S/C24H30N4O6/c1-29-10-11-33-17-7-8-25-18(14-17)23-26-24(34-27-23)19-6-5-9-28(19)15-16-12-20(30-2)22(32-4)21(13-16)31-3/h7-8,12-14,19H,5-6,9-11,15H2,1-4H3/t19-/m0/s1. The van der Waals surface area contributed by atoms with E-state index in [1.807, 2.05) is 12.1 Å². The number of pyridine rings is 1. The van der Waals surface area contributed by atoms with E-state index in [1.165, 1.54) is 0 Å². The van der Waals surface area contributed by atoms with Crippen LogP contribution in [0.5, 0.6) is 23.0 Å². The first-order chi connectivity index (χ1) is 16.7. The molecule has 4 rings (SSSR count). The largest absolute Gasteiger partial charge is 0.493 e. The second-order valence-corrected chi connectivity index (χ2v) is 7.84. The average Bonchev–Trinajstić information content (AvgIpc) is 3.53. The summed E-state index contributed by atoms with van der Waals surface area (Å²) in [4.78, 5) is 11.3. The van der Waals surface area contributed by atoms with Gasteiger partial charge in [-0.2, -0.15) is 4.98 Å². The van der Waals surface area contributed by atoms with Gasteiger partial charge in [-0.15, -0.1) is 0 Å². The Labute approximate surface area is 198 Å². The highest BCUT2D eigenvalue weighted by atomic mass is 16.5. The van der Waals surface area contributed by atoms with E-state index in [0.717, 1.165) is 24.9 Å². The van der Waals surface area contributed by atoms with E-state index in [9.17, 15) is 0 Å². The molecule has 1 fully saturated rings. The number of aromatic nitrogens is 3. The van der Waals surface area contributed by atoms with Crippen LogP contribution in [-0.2, 0) is 11.3 Å². The lowest BCUT2D eigenvalue weighted by atomic mass is 10.1. The molecule has 0 spiro atoms. The van der Waals surface area contributed by atoms with Crippen LogP contribution >= 0.6 is 0 Å². The van der Waals surface area contributed by atoms with Crippen LogP contribution in [0.2, 0.25) is 0 Å². The SMILES string of the molecule is COCCOc1ccnc(-c2noc([C@@H]3CCCN3Cc3cc(OC)c(OC)c(OC)c3)n2)c1. The Kier molecular flexibility index (Phi) is 7.81. The fourth-order valence-electron chi connectivity index (χ4n) is 4.10. The summed E-state index contributed by atoms with van der Waals surface area (Å²) >= 11 is 0. The number of ether oxygens (including phenoxy) is 5. The fraction of sp³-hybridized carbons (Fsp3) is 0.458. The van der Waals surface area contributed by atoms with Gasteiger partial charge in [-0.05, 0) is 43.1 Å². The molecular weight excluding hydrogens is 440 g/mol. The van der Waals surface area contributed by atoms with Crippen LogP contribution < -0.4 is 18.9 Å². The molecule has 0 saturated carbocycles. The van der Waals surface area contributed by atoms with E-state index < -0.39 is 0 Å². The molecular formula is C24H30N4O6. The summed E-state index contributed by atoms with van der Waals surface area (Å²) in [6, 6.07) is 7.54. The Morgan fingerprint density at radius 3 is 2.53 bits per heavy atom. The van der Waals surface area contributed by atoms with E-state index in [0.29, 0.717) is 60.2 Å². The van der Waals surface area contributed by atoms with Crippen LogP contribution in [-0.4, -0.2) is 68.2 Å². The van der Waals surface area contributed by atoms with E-state index >= 15 is 0 Å². The van der Waals surface area contributed by atoms with Gasteiger partial charge in [0.1, 0.15) is 18.1 Å². The zero-order chi connectivity index (χ0) is 23.9. The van der Waals surface area contributed by atoms with E-state index in [4.69, 9.17) is 28.2 Å². The topological polar surface area (TPSA) is 101 Å². The summed E-state index contributed by atoms with van der Waals surface area (Å²) in [6.07, 6.45) is 3.63. The van der Waals surface area contributed by atoms with Crippen molar-refractivity contribution in [1.29, 1.82) is 0 Å². The molecule has 1 aliphatic heterocycles. The first kappa shape index (κ1) is 23.8. The highest BCUT2D eigenvalue weighted by molar-refractivity contribution is 5.54. The minimum atomic E-state index is 0.0153. The molecule has 182 valence electrons. The molecule has 10 nitrogen and oxygen atoms in total. The van der Waals surface area contributed by atoms with E-state index in [-0.39, 0.29) is 6.04 Å². The van der Waals surface area contributed by atoms with Crippen molar-refractivity contribution in [3.05, 3.63) is 41.9 Å². The maximum atomic E-state index is 5.66. The van der Waals surface area contributed by atoms with Gasteiger partial charge in [-0.1, -0.05) is 5.16 Å². The van der Waals surface area contributed by atoms with Gasteiger partial charge in [0.15, 0.2) is 11.5 Å². The number of likely N-dealkylation sites (tertiary alicyclic amines) is 1. The second kappa shape index (κ2) is 11.2. The van der Waals surface area contributed by atoms with Crippen molar-refractivity contribution in [1.82, 2.24) is 20.0 Å². The van der Waals surface area contributed by atoms with E-state index in [2.05, 4.69) is 20.0 Å². The highest BCUT2D eigenvalue weighted by Crippen LogP contribution is 2.40. The minimum Gasteiger partial charge on any atom is -0.493 e. The van der Waals surface area contributed by atoms with E-state index in [1.54, 1.807) is 46.8 Å². The van der Waals surface area contributed by atoms with Crippen molar-refractivity contribution in [3.8, 4) is 34.5 Å². The summed E-state index contributed by atoms with van der Waals surface area (Å²) in [5.74, 6) is 3.53. The Morgan fingerprint density at radius 2 is 1.82 bits per heavy atom. The maximum absolute atomic E-state index is 5.66. The zero-order valence-corrected chi connectivity index (χ0v) is 19.9. The van der Waals surface area contributed by atoms with Crippen LogP contribution in [0.25, 0.3) is 11.5 Å². The minimum absolute atomic E-state index is 0.0153. The van der Waals surface area contributed by atoms with Crippen LogP contribution in [0, 0.1) is 0 Å². The van der Waals surface area contributed by atoms with Gasteiger partial charge in [0.2, 0.25) is 17.5 Å². The second-order valence-electron chi connectivity index (χ2n) is 7.84. The molecule has 10 heteroatoms. The Morgan fingerprint density at radius 1 is 1.03 bits per heavy atom. The zero-order valence-electron chi connectivity index (χ0n) is 19.9. The molecule has 1 atom stereocenters. The number of rotatable bonds is 11. The molecule has 0 bridgehead atoms. The first-order valence-electron chi connectivity index (χ1n) is 11.1. The number of methoxy groups -OCH3 is 4. The Bertz CT molecular complexity index is 1060. The van der Waals surface area contributed by atoms with Crippen LogP contribution in [0.4, 0.5) is 0 Å². The molecule has 0 radical (unpaired) electrons. The third-order valence-electron chi connectivity index (χ3n) is 5.72. The molecule has 1 aromatic carbocycles. The molecule has 2 aromatic heterocycles. The Hall–Kier alpha value is -3.37. The van der Waals surface area contributed by atoms with Crippen molar-refractivity contribution < 1.29 is 28.2 Å².